The molecule has 4 aliphatic heterocycles. The van der Waals surface area contributed by atoms with Crippen molar-refractivity contribution in [2.45, 2.75) is 44.2 Å². The first-order valence-corrected chi connectivity index (χ1v) is 12.5. The summed E-state index contributed by atoms with van der Waals surface area (Å²) in [6, 6.07) is 15.0. The first kappa shape index (κ1) is 22.0. The quantitative estimate of drug-likeness (QED) is 0.706. The van der Waals surface area contributed by atoms with Crippen molar-refractivity contribution < 1.29 is 19.4 Å². The average molecular weight is 464 g/mol. The van der Waals surface area contributed by atoms with Crippen molar-refractivity contribution in [1.29, 1.82) is 0 Å². The van der Waals surface area contributed by atoms with Crippen LogP contribution in [-0.2, 0) is 24.2 Å². The van der Waals surface area contributed by atoms with Gasteiger partial charge in [-0.25, -0.2) is 0 Å². The van der Waals surface area contributed by atoms with Crippen molar-refractivity contribution in [3.05, 3.63) is 64.7 Å². The average Bonchev–Trinajstić information content (AvgIpc) is 3.43. The molecule has 2 fully saturated rings. The fourth-order valence-corrected chi connectivity index (χ4v) is 5.90. The van der Waals surface area contributed by atoms with Gasteiger partial charge in [-0.1, -0.05) is 30.3 Å². The highest BCUT2D eigenvalue weighted by atomic mass is 16.5. The van der Waals surface area contributed by atoms with Gasteiger partial charge in [0, 0.05) is 45.3 Å². The summed E-state index contributed by atoms with van der Waals surface area (Å²) in [6.07, 6.45) is 1.91. The van der Waals surface area contributed by atoms with Crippen LogP contribution < -0.4 is 4.74 Å². The SMILES string of the molecule is O=C1c2ccc(CN3CC4CC3CO4)cc2OCCN1CC(O)CN1CCc2ccccc2C1. The molecule has 2 aromatic carbocycles. The Labute approximate surface area is 200 Å². The van der Waals surface area contributed by atoms with Crippen molar-refractivity contribution in [3.8, 4) is 5.75 Å². The zero-order valence-electron chi connectivity index (χ0n) is 19.6. The summed E-state index contributed by atoms with van der Waals surface area (Å²) in [6.45, 7) is 6.25. The molecule has 2 bridgehead atoms. The molecule has 1 amide bonds. The van der Waals surface area contributed by atoms with Crippen molar-refractivity contribution in [2.24, 2.45) is 0 Å². The molecule has 0 aliphatic carbocycles. The van der Waals surface area contributed by atoms with Crippen LogP contribution in [0, 0.1) is 0 Å². The molecule has 7 heteroatoms. The van der Waals surface area contributed by atoms with Gasteiger partial charge in [0.2, 0.25) is 0 Å². The van der Waals surface area contributed by atoms with Crippen molar-refractivity contribution in [3.63, 3.8) is 0 Å². The van der Waals surface area contributed by atoms with E-state index < -0.39 is 6.10 Å². The highest BCUT2D eigenvalue weighted by Gasteiger charge is 2.38. The summed E-state index contributed by atoms with van der Waals surface area (Å²) in [5, 5.41) is 10.8. The predicted molar refractivity (Wildman–Crippen MR) is 128 cm³/mol. The molecule has 0 radical (unpaired) electrons. The molecular formula is C27H33N3O4. The van der Waals surface area contributed by atoms with Gasteiger partial charge in [-0.15, -0.1) is 0 Å². The number of hydrogen-bond donors (Lipinski definition) is 1. The fourth-order valence-electron chi connectivity index (χ4n) is 5.90. The lowest BCUT2D eigenvalue weighted by Crippen LogP contribution is -2.44. The minimum Gasteiger partial charge on any atom is -0.491 e. The lowest BCUT2D eigenvalue weighted by molar-refractivity contribution is 0.0273. The normalized spacial score (nSPS) is 25.6. The third-order valence-electron chi connectivity index (χ3n) is 7.69. The Kier molecular flexibility index (Phi) is 6.03. The zero-order chi connectivity index (χ0) is 23.1. The lowest BCUT2D eigenvalue weighted by Gasteiger charge is -2.32. The Balaban J connectivity index is 1.08. The number of hydrogen-bond acceptors (Lipinski definition) is 6. The van der Waals surface area contributed by atoms with Gasteiger partial charge in [0.25, 0.3) is 5.91 Å². The smallest absolute Gasteiger partial charge is 0.257 e. The van der Waals surface area contributed by atoms with E-state index in [0.29, 0.717) is 49.7 Å². The molecule has 34 heavy (non-hydrogen) atoms. The Bertz CT molecular complexity index is 1060. The Morgan fingerprint density at radius 2 is 1.97 bits per heavy atom. The number of aliphatic hydroxyl groups excluding tert-OH is 1. The van der Waals surface area contributed by atoms with E-state index in [1.54, 1.807) is 4.90 Å². The maximum Gasteiger partial charge on any atom is 0.257 e. The number of rotatable bonds is 6. The van der Waals surface area contributed by atoms with Crippen LogP contribution in [0.5, 0.6) is 5.75 Å². The van der Waals surface area contributed by atoms with Gasteiger partial charge in [0.1, 0.15) is 12.4 Å². The van der Waals surface area contributed by atoms with E-state index in [-0.39, 0.29) is 5.91 Å². The van der Waals surface area contributed by atoms with Crippen molar-refractivity contribution in [2.75, 3.05) is 45.9 Å². The van der Waals surface area contributed by atoms with Crippen LogP contribution in [-0.4, -0.2) is 89.9 Å². The van der Waals surface area contributed by atoms with Gasteiger partial charge in [-0.2, -0.15) is 0 Å². The fraction of sp³-hybridized carbons (Fsp3) is 0.519. The molecule has 4 aliphatic rings. The molecule has 7 nitrogen and oxygen atoms in total. The van der Waals surface area contributed by atoms with Gasteiger partial charge < -0.3 is 19.5 Å². The molecule has 3 atom stereocenters. The number of likely N-dealkylation sites (tertiary alicyclic amines) is 1. The molecule has 1 N–H and O–H groups in total. The van der Waals surface area contributed by atoms with Crippen LogP contribution in [0.25, 0.3) is 0 Å². The largest absolute Gasteiger partial charge is 0.491 e. The van der Waals surface area contributed by atoms with Crippen LogP contribution in [0.3, 0.4) is 0 Å². The summed E-state index contributed by atoms with van der Waals surface area (Å²) in [5.74, 6) is 0.600. The maximum atomic E-state index is 13.3. The van der Waals surface area contributed by atoms with E-state index >= 15 is 0 Å². The Morgan fingerprint density at radius 3 is 2.79 bits per heavy atom. The van der Waals surface area contributed by atoms with E-state index in [4.69, 9.17) is 9.47 Å². The maximum absolute atomic E-state index is 13.3. The van der Waals surface area contributed by atoms with Crippen molar-refractivity contribution >= 4 is 5.91 Å². The molecule has 6 rings (SSSR count). The van der Waals surface area contributed by atoms with Gasteiger partial charge in [-0.05, 0) is 41.7 Å². The number of amides is 1. The molecule has 2 saturated heterocycles. The number of carbonyl (C=O) groups is 1. The predicted octanol–water partition coefficient (Wildman–Crippen LogP) is 1.91. The Hall–Kier alpha value is -2.45. The van der Waals surface area contributed by atoms with E-state index in [2.05, 4.69) is 34.1 Å². The molecule has 4 heterocycles. The van der Waals surface area contributed by atoms with Crippen LogP contribution in [0.2, 0.25) is 0 Å². The number of morpholine rings is 1. The molecule has 0 aromatic heterocycles. The number of nitrogens with zero attached hydrogens (tertiary/aromatic N) is 3. The topological polar surface area (TPSA) is 65.5 Å². The number of carbonyl (C=O) groups excluding carboxylic acids is 1. The molecule has 180 valence electrons. The highest BCUT2D eigenvalue weighted by molar-refractivity contribution is 5.97. The third-order valence-corrected chi connectivity index (χ3v) is 7.69. The van der Waals surface area contributed by atoms with Crippen LogP contribution in [0.4, 0.5) is 0 Å². The van der Waals surface area contributed by atoms with Gasteiger partial charge in [-0.3, -0.25) is 14.6 Å². The molecule has 0 saturated carbocycles. The minimum atomic E-state index is -0.595. The Morgan fingerprint density at radius 1 is 1.09 bits per heavy atom. The third kappa shape index (κ3) is 4.45. The lowest BCUT2D eigenvalue weighted by atomic mass is 10.00. The van der Waals surface area contributed by atoms with Gasteiger partial charge in [0.05, 0.1) is 30.9 Å². The number of fused-ring (bicyclic) bond motifs is 4. The van der Waals surface area contributed by atoms with Crippen LogP contribution in [0.1, 0.15) is 33.5 Å². The van der Waals surface area contributed by atoms with Crippen LogP contribution >= 0.6 is 0 Å². The second kappa shape index (κ2) is 9.30. The molecule has 3 unspecified atom stereocenters. The summed E-state index contributed by atoms with van der Waals surface area (Å²) in [7, 11) is 0. The zero-order valence-corrected chi connectivity index (χ0v) is 19.6. The monoisotopic (exact) mass is 463 g/mol. The number of benzene rings is 2. The number of β-amino-alcohol motifs (C(OH)–C–C–N with tert-alkyl or cyclic N) is 1. The summed E-state index contributed by atoms with van der Waals surface area (Å²) < 4.78 is 11.7. The molecule has 2 aromatic rings. The van der Waals surface area contributed by atoms with E-state index in [1.807, 2.05) is 18.2 Å². The van der Waals surface area contributed by atoms with Crippen molar-refractivity contribution in [1.82, 2.24) is 14.7 Å². The van der Waals surface area contributed by atoms with E-state index in [9.17, 15) is 9.90 Å². The minimum absolute atomic E-state index is 0.0595. The number of aliphatic hydroxyl groups is 1. The first-order chi connectivity index (χ1) is 16.6. The number of ether oxygens (including phenoxy) is 2. The van der Waals surface area contributed by atoms with E-state index in [0.717, 1.165) is 51.2 Å². The summed E-state index contributed by atoms with van der Waals surface area (Å²) >= 11 is 0. The van der Waals surface area contributed by atoms with Gasteiger partial charge in [0.15, 0.2) is 0 Å². The molecule has 0 spiro atoms. The van der Waals surface area contributed by atoms with E-state index in [1.165, 1.54) is 11.1 Å². The second-order valence-electron chi connectivity index (χ2n) is 10.1. The second-order valence-corrected chi connectivity index (χ2v) is 10.1. The van der Waals surface area contributed by atoms with Gasteiger partial charge >= 0.3 is 0 Å². The van der Waals surface area contributed by atoms with Crippen LogP contribution in [0.15, 0.2) is 42.5 Å². The molecular weight excluding hydrogens is 430 g/mol. The summed E-state index contributed by atoms with van der Waals surface area (Å²) in [4.78, 5) is 19.8. The highest BCUT2D eigenvalue weighted by Crippen LogP contribution is 2.31. The summed E-state index contributed by atoms with van der Waals surface area (Å²) in [5.41, 5.74) is 4.48. The first-order valence-electron chi connectivity index (χ1n) is 12.5. The standard InChI is InChI=1S/C27H33N3O4/c31-23(15-28-8-7-20-3-1-2-4-21(20)14-28)16-29-9-10-33-26-11-19(5-6-25(26)27(29)32)13-30-17-24-12-22(30)18-34-24/h1-6,11,22-24,31H,7-10,12-18H2.